The van der Waals surface area contributed by atoms with Gasteiger partial charge in [-0.15, -0.1) is 0 Å². The molecule has 0 radical (unpaired) electrons. The number of aryl methyl sites for hydroxylation is 2. The molecule has 0 bridgehead atoms. The number of carbonyl (C=O) groups is 1. The van der Waals surface area contributed by atoms with E-state index in [0.29, 0.717) is 0 Å². The summed E-state index contributed by atoms with van der Waals surface area (Å²) in [4.78, 5) is 13.6. The monoisotopic (exact) mass is 282 g/mol. The summed E-state index contributed by atoms with van der Waals surface area (Å²) < 4.78 is 1.06. The molecule has 0 spiro atoms. The predicted molar refractivity (Wildman–Crippen MR) is 69.0 cm³/mol. The third kappa shape index (κ3) is 2.07. The summed E-state index contributed by atoms with van der Waals surface area (Å²) in [6.45, 7) is 5.66. The van der Waals surface area contributed by atoms with Crippen molar-refractivity contribution in [3.05, 3.63) is 27.7 Å². The number of halogens is 1. The summed E-state index contributed by atoms with van der Waals surface area (Å²) in [5.41, 5.74) is 3.30. The Bertz CT molecular complexity index is 408. The molecule has 1 saturated heterocycles. The van der Waals surface area contributed by atoms with E-state index in [1.807, 2.05) is 30.9 Å². The lowest BCUT2D eigenvalue weighted by Crippen LogP contribution is -2.47. The maximum absolute atomic E-state index is 11.8. The van der Waals surface area contributed by atoms with E-state index < -0.39 is 0 Å². The first kappa shape index (κ1) is 11.5. The van der Waals surface area contributed by atoms with Crippen LogP contribution in [0.1, 0.15) is 17.5 Å². The zero-order chi connectivity index (χ0) is 11.7. The molecule has 1 N–H and O–H groups in total. The predicted octanol–water partition coefficient (Wildman–Crippen LogP) is 2.99. The Kier molecular flexibility index (Phi) is 3.19. The SMILES string of the molecule is Cc1cc(Br)cc(C)c1N1CCCNC1=O. The number of anilines is 1. The second kappa shape index (κ2) is 4.45. The molecule has 0 atom stereocenters. The van der Waals surface area contributed by atoms with Crippen LogP contribution in [0.25, 0.3) is 0 Å². The molecule has 1 aromatic carbocycles. The van der Waals surface area contributed by atoms with Gasteiger partial charge in [0.25, 0.3) is 0 Å². The minimum absolute atomic E-state index is 0.0137. The molecule has 2 rings (SSSR count). The van der Waals surface area contributed by atoms with Gasteiger partial charge in [0.05, 0.1) is 5.69 Å². The Morgan fingerprint density at radius 1 is 1.31 bits per heavy atom. The average molecular weight is 283 g/mol. The fourth-order valence-corrected chi connectivity index (χ4v) is 2.86. The zero-order valence-corrected chi connectivity index (χ0v) is 11.1. The Balaban J connectivity index is 2.42. The second-order valence-electron chi connectivity index (χ2n) is 4.13. The number of urea groups is 1. The Morgan fingerprint density at radius 3 is 2.50 bits per heavy atom. The maximum atomic E-state index is 11.8. The van der Waals surface area contributed by atoms with E-state index >= 15 is 0 Å². The van der Waals surface area contributed by atoms with Crippen LogP contribution in [0.3, 0.4) is 0 Å². The van der Waals surface area contributed by atoms with Gasteiger partial charge in [0.15, 0.2) is 0 Å². The van der Waals surface area contributed by atoms with Gasteiger partial charge in [0.1, 0.15) is 0 Å². The first-order valence-corrected chi connectivity index (χ1v) is 6.21. The summed E-state index contributed by atoms with van der Waals surface area (Å²) in [6.07, 6.45) is 1.00. The Hall–Kier alpha value is -1.03. The third-order valence-electron chi connectivity index (χ3n) is 2.81. The van der Waals surface area contributed by atoms with E-state index in [9.17, 15) is 4.79 Å². The molecule has 86 valence electrons. The fourth-order valence-electron chi connectivity index (χ4n) is 2.17. The molecule has 0 unspecified atom stereocenters. The van der Waals surface area contributed by atoms with Crippen LogP contribution in [0.2, 0.25) is 0 Å². The van der Waals surface area contributed by atoms with Crippen LogP contribution in [-0.2, 0) is 0 Å². The molecule has 1 aliphatic rings. The highest BCUT2D eigenvalue weighted by molar-refractivity contribution is 9.10. The van der Waals surface area contributed by atoms with E-state index in [1.165, 1.54) is 0 Å². The van der Waals surface area contributed by atoms with Gasteiger partial charge < -0.3 is 5.32 Å². The number of benzene rings is 1. The molecule has 3 nitrogen and oxygen atoms in total. The van der Waals surface area contributed by atoms with Gasteiger partial charge >= 0.3 is 6.03 Å². The number of carbonyl (C=O) groups excluding carboxylic acids is 1. The summed E-state index contributed by atoms with van der Waals surface area (Å²) in [5, 5.41) is 2.87. The van der Waals surface area contributed by atoms with Crippen LogP contribution in [0.15, 0.2) is 16.6 Å². The van der Waals surface area contributed by atoms with Crippen LogP contribution in [0.5, 0.6) is 0 Å². The van der Waals surface area contributed by atoms with Crippen LogP contribution in [0.4, 0.5) is 10.5 Å². The number of rotatable bonds is 1. The highest BCUT2D eigenvalue weighted by atomic mass is 79.9. The van der Waals surface area contributed by atoms with Crippen LogP contribution >= 0.6 is 15.9 Å². The van der Waals surface area contributed by atoms with Crippen LogP contribution in [-0.4, -0.2) is 19.1 Å². The number of hydrogen-bond acceptors (Lipinski definition) is 1. The van der Waals surface area contributed by atoms with Gasteiger partial charge in [0.2, 0.25) is 0 Å². The summed E-state index contributed by atoms with van der Waals surface area (Å²) >= 11 is 3.47. The molecule has 1 aliphatic heterocycles. The summed E-state index contributed by atoms with van der Waals surface area (Å²) in [6, 6.07) is 4.11. The summed E-state index contributed by atoms with van der Waals surface area (Å²) in [5.74, 6) is 0. The number of nitrogens with zero attached hydrogens (tertiary/aromatic N) is 1. The Labute approximate surface area is 104 Å². The van der Waals surface area contributed by atoms with E-state index in [0.717, 1.165) is 40.8 Å². The highest BCUT2D eigenvalue weighted by Gasteiger charge is 2.22. The van der Waals surface area contributed by atoms with E-state index in [-0.39, 0.29) is 6.03 Å². The van der Waals surface area contributed by atoms with Crippen LogP contribution < -0.4 is 10.2 Å². The van der Waals surface area contributed by atoms with Gasteiger partial charge in [-0.05, 0) is 43.5 Å². The molecule has 0 saturated carbocycles. The summed E-state index contributed by atoms with van der Waals surface area (Å²) in [7, 11) is 0. The van der Waals surface area contributed by atoms with Crippen molar-refractivity contribution in [1.82, 2.24) is 5.32 Å². The molecule has 1 fully saturated rings. The molecule has 16 heavy (non-hydrogen) atoms. The quantitative estimate of drug-likeness (QED) is 0.844. The van der Waals surface area contributed by atoms with Crippen molar-refractivity contribution in [2.45, 2.75) is 20.3 Å². The second-order valence-corrected chi connectivity index (χ2v) is 5.04. The van der Waals surface area contributed by atoms with E-state index in [4.69, 9.17) is 0 Å². The Morgan fingerprint density at radius 2 is 1.94 bits per heavy atom. The number of nitrogens with one attached hydrogen (secondary N) is 1. The first-order chi connectivity index (χ1) is 7.59. The molecule has 0 aromatic heterocycles. The van der Waals surface area contributed by atoms with E-state index in [1.54, 1.807) is 0 Å². The van der Waals surface area contributed by atoms with Gasteiger partial charge in [-0.25, -0.2) is 4.79 Å². The van der Waals surface area contributed by atoms with Crippen molar-refractivity contribution in [3.63, 3.8) is 0 Å². The molecular weight excluding hydrogens is 268 g/mol. The first-order valence-electron chi connectivity index (χ1n) is 5.41. The molecule has 4 heteroatoms. The molecular formula is C12H15BrN2O. The van der Waals surface area contributed by atoms with Crippen molar-refractivity contribution in [3.8, 4) is 0 Å². The van der Waals surface area contributed by atoms with Crippen molar-refractivity contribution < 1.29 is 4.79 Å². The van der Waals surface area contributed by atoms with Crippen molar-refractivity contribution in [1.29, 1.82) is 0 Å². The molecule has 0 aliphatic carbocycles. The number of amides is 2. The standard InChI is InChI=1S/C12H15BrN2O/c1-8-6-10(13)7-9(2)11(8)15-5-3-4-14-12(15)16/h6-7H,3-5H2,1-2H3,(H,14,16). The molecule has 1 aromatic rings. The number of hydrogen-bond donors (Lipinski definition) is 1. The average Bonchev–Trinajstić information content (AvgIpc) is 2.19. The smallest absolute Gasteiger partial charge is 0.321 e. The maximum Gasteiger partial charge on any atom is 0.321 e. The third-order valence-corrected chi connectivity index (χ3v) is 3.26. The van der Waals surface area contributed by atoms with Crippen LogP contribution in [0, 0.1) is 13.8 Å². The van der Waals surface area contributed by atoms with Crippen molar-refractivity contribution in [2.24, 2.45) is 0 Å². The molecule has 1 heterocycles. The lowest BCUT2D eigenvalue weighted by atomic mass is 10.1. The fraction of sp³-hybridized carbons (Fsp3) is 0.417. The topological polar surface area (TPSA) is 32.3 Å². The van der Waals surface area contributed by atoms with Crippen molar-refractivity contribution in [2.75, 3.05) is 18.0 Å². The highest BCUT2D eigenvalue weighted by Crippen LogP contribution is 2.29. The lowest BCUT2D eigenvalue weighted by Gasteiger charge is -2.30. The molecule has 2 amide bonds. The van der Waals surface area contributed by atoms with E-state index in [2.05, 4.69) is 21.2 Å². The lowest BCUT2D eigenvalue weighted by molar-refractivity contribution is 0.243. The van der Waals surface area contributed by atoms with Gasteiger partial charge in [0, 0.05) is 17.6 Å². The minimum atomic E-state index is 0.0137. The normalized spacial score (nSPS) is 16.2. The van der Waals surface area contributed by atoms with Gasteiger partial charge in [-0.3, -0.25) is 4.90 Å². The zero-order valence-electron chi connectivity index (χ0n) is 9.51. The van der Waals surface area contributed by atoms with Gasteiger partial charge in [-0.2, -0.15) is 0 Å². The van der Waals surface area contributed by atoms with Crippen molar-refractivity contribution >= 4 is 27.6 Å². The minimum Gasteiger partial charge on any atom is -0.338 e. The van der Waals surface area contributed by atoms with Gasteiger partial charge in [-0.1, -0.05) is 15.9 Å². The largest absolute Gasteiger partial charge is 0.338 e.